The molecule has 3 fully saturated rings. The first-order valence-electron chi connectivity index (χ1n) is 7.13. The Kier molecular flexibility index (Phi) is 3.30. The SMILES string of the molecule is C[C@@H](C#N)CC1CCC2O[C@@H]3CC2(C[C@@H](O)[C@H]3O)O1. The zero-order valence-electron chi connectivity index (χ0n) is 11.2. The predicted octanol–water partition coefficient (Wildman–Crippen LogP) is 0.737. The maximum atomic E-state index is 9.94. The minimum atomic E-state index is -0.795. The maximum absolute atomic E-state index is 9.94. The molecule has 7 atom stereocenters. The Morgan fingerprint density at radius 2 is 2.16 bits per heavy atom. The number of aliphatic hydroxyl groups is 2. The van der Waals surface area contributed by atoms with E-state index in [0.717, 1.165) is 19.3 Å². The molecule has 0 aromatic rings. The summed E-state index contributed by atoms with van der Waals surface area (Å²) < 4.78 is 12.1. The van der Waals surface area contributed by atoms with Crippen LogP contribution in [0.15, 0.2) is 0 Å². The van der Waals surface area contributed by atoms with Crippen molar-refractivity contribution in [3.8, 4) is 6.07 Å². The van der Waals surface area contributed by atoms with Gasteiger partial charge < -0.3 is 19.7 Å². The Hall–Kier alpha value is -0.670. The zero-order valence-corrected chi connectivity index (χ0v) is 11.2. The van der Waals surface area contributed by atoms with E-state index < -0.39 is 17.8 Å². The molecule has 1 aliphatic carbocycles. The van der Waals surface area contributed by atoms with E-state index in [-0.39, 0.29) is 24.2 Å². The largest absolute Gasteiger partial charge is 0.390 e. The van der Waals surface area contributed by atoms with Crippen molar-refractivity contribution in [1.29, 1.82) is 5.26 Å². The summed E-state index contributed by atoms with van der Waals surface area (Å²) in [5.74, 6) is -0.0184. The number of hydrogen-bond donors (Lipinski definition) is 2. The van der Waals surface area contributed by atoms with Crippen molar-refractivity contribution in [3.05, 3.63) is 0 Å². The fourth-order valence-electron chi connectivity index (χ4n) is 3.84. The van der Waals surface area contributed by atoms with E-state index in [2.05, 4.69) is 6.07 Å². The van der Waals surface area contributed by atoms with Crippen molar-refractivity contribution >= 4 is 0 Å². The highest BCUT2D eigenvalue weighted by Crippen LogP contribution is 2.49. The molecule has 3 aliphatic rings. The number of rotatable bonds is 2. The molecular weight excluding hydrogens is 246 g/mol. The molecule has 1 spiro atoms. The number of nitrogens with zero attached hydrogens (tertiary/aromatic N) is 1. The Morgan fingerprint density at radius 1 is 1.37 bits per heavy atom. The number of hydrogen-bond acceptors (Lipinski definition) is 5. The van der Waals surface area contributed by atoms with Crippen LogP contribution in [-0.4, -0.2) is 46.3 Å². The van der Waals surface area contributed by atoms with Gasteiger partial charge in [0.15, 0.2) is 0 Å². The van der Waals surface area contributed by atoms with E-state index in [9.17, 15) is 10.2 Å². The molecule has 0 amide bonds. The van der Waals surface area contributed by atoms with Crippen LogP contribution in [0.1, 0.15) is 39.0 Å². The van der Waals surface area contributed by atoms with E-state index in [1.54, 1.807) is 0 Å². The van der Waals surface area contributed by atoms with Crippen LogP contribution in [0.3, 0.4) is 0 Å². The number of nitriles is 1. The summed E-state index contributed by atoms with van der Waals surface area (Å²) in [5.41, 5.74) is -0.443. The van der Waals surface area contributed by atoms with E-state index in [1.165, 1.54) is 0 Å². The first-order chi connectivity index (χ1) is 9.04. The fraction of sp³-hybridized carbons (Fsp3) is 0.929. The lowest BCUT2D eigenvalue weighted by atomic mass is 9.76. The normalized spacial score (nSPS) is 50.3. The second-order valence-corrected chi connectivity index (χ2v) is 6.28. The van der Waals surface area contributed by atoms with Crippen LogP contribution in [0.4, 0.5) is 0 Å². The number of fused-ring (bicyclic) bond motifs is 1. The molecular formula is C14H21NO4. The molecule has 0 aromatic heterocycles. The van der Waals surface area contributed by atoms with E-state index >= 15 is 0 Å². The number of ether oxygens (including phenoxy) is 2. The topological polar surface area (TPSA) is 82.7 Å². The van der Waals surface area contributed by atoms with Crippen molar-refractivity contribution in [3.63, 3.8) is 0 Å². The average molecular weight is 267 g/mol. The summed E-state index contributed by atoms with van der Waals surface area (Å²) in [4.78, 5) is 0. The van der Waals surface area contributed by atoms with Crippen molar-refractivity contribution in [2.45, 2.75) is 75.1 Å². The summed E-state index contributed by atoms with van der Waals surface area (Å²) in [6.45, 7) is 1.90. The lowest BCUT2D eigenvalue weighted by Crippen LogP contribution is -2.54. The third-order valence-corrected chi connectivity index (χ3v) is 4.79. The van der Waals surface area contributed by atoms with Crippen LogP contribution in [0, 0.1) is 17.2 Å². The van der Waals surface area contributed by atoms with Crippen LogP contribution < -0.4 is 0 Å². The standard InChI is InChI=1S/C14H21NO4/c1-8(7-15)4-9-2-3-12-14(19-9)5-10(16)13(17)11(6-14)18-12/h8-13,16-17H,2-6H2,1H3/t8-,9?,10-,11-,12?,13-,14?/m1/s1. The van der Waals surface area contributed by atoms with Crippen molar-refractivity contribution in [2.24, 2.45) is 5.92 Å². The molecule has 1 saturated carbocycles. The Bertz CT molecular complexity index is 395. The molecule has 5 nitrogen and oxygen atoms in total. The van der Waals surface area contributed by atoms with Crippen molar-refractivity contribution < 1.29 is 19.7 Å². The van der Waals surface area contributed by atoms with Gasteiger partial charge in [0.25, 0.3) is 0 Å². The highest BCUT2D eigenvalue weighted by molar-refractivity contribution is 5.09. The highest BCUT2D eigenvalue weighted by atomic mass is 16.6. The molecule has 2 bridgehead atoms. The van der Waals surface area contributed by atoms with Crippen LogP contribution in [0.5, 0.6) is 0 Å². The van der Waals surface area contributed by atoms with Crippen LogP contribution in [-0.2, 0) is 9.47 Å². The summed E-state index contributed by atoms with van der Waals surface area (Å²) in [5, 5.41) is 28.7. The summed E-state index contributed by atoms with van der Waals surface area (Å²) in [6, 6.07) is 2.24. The molecule has 19 heavy (non-hydrogen) atoms. The molecule has 3 unspecified atom stereocenters. The van der Waals surface area contributed by atoms with Gasteiger partial charge in [-0.15, -0.1) is 0 Å². The molecule has 3 rings (SSSR count). The molecule has 5 heteroatoms. The van der Waals surface area contributed by atoms with Crippen molar-refractivity contribution in [1.82, 2.24) is 0 Å². The Labute approximate surface area is 113 Å². The van der Waals surface area contributed by atoms with Gasteiger partial charge in [0.2, 0.25) is 0 Å². The van der Waals surface area contributed by atoms with Crippen LogP contribution in [0.25, 0.3) is 0 Å². The Morgan fingerprint density at radius 3 is 2.89 bits per heavy atom. The average Bonchev–Trinajstić information content (AvgIpc) is 2.70. The zero-order chi connectivity index (χ0) is 13.6. The van der Waals surface area contributed by atoms with Gasteiger partial charge in [0.1, 0.15) is 6.10 Å². The van der Waals surface area contributed by atoms with Gasteiger partial charge in [-0.2, -0.15) is 5.26 Å². The Balaban J connectivity index is 1.73. The first kappa shape index (κ1) is 13.3. The summed E-state index contributed by atoms with van der Waals surface area (Å²) >= 11 is 0. The monoisotopic (exact) mass is 267 g/mol. The second-order valence-electron chi connectivity index (χ2n) is 6.28. The quantitative estimate of drug-likeness (QED) is 0.771. The lowest BCUT2D eigenvalue weighted by molar-refractivity contribution is -0.179. The highest BCUT2D eigenvalue weighted by Gasteiger charge is 2.59. The molecule has 0 aromatic carbocycles. The van der Waals surface area contributed by atoms with Crippen LogP contribution >= 0.6 is 0 Å². The third kappa shape index (κ3) is 2.17. The lowest BCUT2D eigenvalue weighted by Gasteiger charge is -2.44. The number of aliphatic hydroxyl groups excluding tert-OH is 2. The smallest absolute Gasteiger partial charge is 0.106 e. The predicted molar refractivity (Wildman–Crippen MR) is 66.1 cm³/mol. The van der Waals surface area contributed by atoms with Gasteiger partial charge in [0.05, 0.1) is 36.1 Å². The summed E-state index contributed by atoms with van der Waals surface area (Å²) in [6.07, 6.45) is 1.78. The molecule has 0 radical (unpaired) electrons. The van der Waals surface area contributed by atoms with E-state index in [0.29, 0.717) is 12.8 Å². The minimum absolute atomic E-state index is 0.0158. The van der Waals surface area contributed by atoms with Gasteiger partial charge in [0, 0.05) is 18.8 Å². The molecule has 2 heterocycles. The minimum Gasteiger partial charge on any atom is -0.390 e. The van der Waals surface area contributed by atoms with E-state index in [1.807, 2.05) is 6.92 Å². The van der Waals surface area contributed by atoms with Gasteiger partial charge in [-0.25, -0.2) is 0 Å². The van der Waals surface area contributed by atoms with Gasteiger partial charge in [-0.3, -0.25) is 0 Å². The van der Waals surface area contributed by atoms with Crippen molar-refractivity contribution in [2.75, 3.05) is 0 Å². The molecule has 2 N–H and O–H groups in total. The van der Waals surface area contributed by atoms with E-state index in [4.69, 9.17) is 14.7 Å². The molecule has 2 aliphatic heterocycles. The maximum Gasteiger partial charge on any atom is 0.106 e. The molecule has 2 saturated heterocycles. The molecule has 106 valence electrons. The first-order valence-corrected chi connectivity index (χ1v) is 7.13. The van der Waals surface area contributed by atoms with Gasteiger partial charge >= 0.3 is 0 Å². The third-order valence-electron chi connectivity index (χ3n) is 4.79. The summed E-state index contributed by atoms with van der Waals surface area (Å²) in [7, 11) is 0. The van der Waals surface area contributed by atoms with Gasteiger partial charge in [-0.1, -0.05) is 0 Å². The van der Waals surface area contributed by atoms with Crippen LogP contribution in [0.2, 0.25) is 0 Å². The second kappa shape index (κ2) is 4.71. The van der Waals surface area contributed by atoms with Gasteiger partial charge in [-0.05, 0) is 26.2 Å². The fourth-order valence-corrected chi connectivity index (χ4v) is 3.84.